The minimum atomic E-state index is -0.847. The molecule has 3 aromatic carbocycles. The zero-order valence-electron chi connectivity index (χ0n) is 19.4. The third-order valence-corrected chi connectivity index (χ3v) is 5.25. The molecule has 0 bridgehead atoms. The summed E-state index contributed by atoms with van der Waals surface area (Å²) in [5.74, 6) is -0.174. The quantitative estimate of drug-likeness (QED) is 0.368. The maximum absolute atomic E-state index is 12.9. The fraction of sp³-hybridized carbons (Fsp3) is 0.214. The van der Waals surface area contributed by atoms with Gasteiger partial charge >= 0.3 is 12.1 Å². The molecule has 0 aliphatic heterocycles. The number of aromatic nitrogens is 1. The second kappa shape index (κ2) is 9.43. The molecule has 0 saturated carbocycles. The number of benzene rings is 3. The van der Waals surface area contributed by atoms with Crippen molar-refractivity contribution in [1.29, 1.82) is 0 Å². The van der Waals surface area contributed by atoms with Crippen LogP contribution in [0.1, 0.15) is 32.0 Å². The van der Waals surface area contributed by atoms with Gasteiger partial charge in [-0.15, -0.1) is 0 Å². The minimum absolute atomic E-state index is 0.00703. The molecule has 6 nitrogen and oxygen atoms in total. The number of aliphatic carboxylic acids is 1. The Balaban J connectivity index is 1.50. The summed E-state index contributed by atoms with van der Waals surface area (Å²) in [6.07, 6.45) is -0.429. The Labute approximate surface area is 198 Å². The molecule has 0 amide bonds. The molecular formula is C28H27NO5. The minimum Gasteiger partial charge on any atom is -0.487 e. The van der Waals surface area contributed by atoms with Gasteiger partial charge in [0, 0.05) is 5.39 Å². The zero-order chi connectivity index (χ0) is 24.3. The third-order valence-electron chi connectivity index (χ3n) is 5.25. The first-order chi connectivity index (χ1) is 16.2. The second-order valence-electron chi connectivity index (χ2n) is 9.09. The molecule has 0 fully saturated rings. The fourth-order valence-electron chi connectivity index (χ4n) is 3.73. The van der Waals surface area contributed by atoms with Crippen LogP contribution in [0.25, 0.3) is 22.0 Å². The lowest BCUT2D eigenvalue weighted by molar-refractivity contribution is -0.136. The summed E-state index contributed by atoms with van der Waals surface area (Å²) >= 11 is 0. The maximum Gasteiger partial charge on any atom is 0.419 e. The average molecular weight is 458 g/mol. The summed E-state index contributed by atoms with van der Waals surface area (Å²) in [5.41, 5.74) is 3.62. The molecule has 0 radical (unpaired) electrons. The summed E-state index contributed by atoms with van der Waals surface area (Å²) < 4.78 is 13.2. The van der Waals surface area contributed by atoms with Crippen LogP contribution in [-0.2, 0) is 22.6 Å². The van der Waals surface area contributed by atoms with Crippen molar-refractivity contribution in [3.63, 3.8) is 0 Å². The molecule has 0 unspecified atom stereocenters. The fourth-order valence-corrected chi connectivity index (χ4v) is 3.73. The summed E-state index contributed by atoms with van der Waals surface area (Å²) in [5, 5.41) is 9.85. The summed E-state index contributed by atoms with van der Waals surface area (Å²) in [6, 6.07) is 24.7. The molecule has 0 aliphatic carbocycles. The molecule has 4 aromatic rings. The van der Waals surface area contributed by atoms with Gasteiger partial charge < -0.3 is 14.6 Å². The molecule has 34 heavy (non-hydrogen) atoms. The van der Waals surface area contributed by atoms with Crippen LogP contribution in [0.3, 0.4) is 0 Å². The third kappa shape index (κ3) is 5.46. The molecule has 0 saturated heterocycles. The van der Waals surface area contributed by atoms with Crippen LogP contribution in [0.4, 0.5) is 4.79 Å². The van der Waals surface area contributed by atoms with E-state index in [1.807, 2.05) is 99.6 Å². The molecule has 1 aromatic heterocycles. The number of fused-ring (bicyclic) bond motifs is 1. The Bertz CT molecular complexity index is 1310. The van der Waals surface area contributed by atoms with Crippen molar-refractivity contribution in [3.8, 4) is 16.9 Å². The first-order valence-corrected chi connectivity index (χ1v) is 11.1. The van der Waals surface area contributed by atoms with E-state index in [4.69, 9.17) is 14.6 Å². The number of hydrogen-bond acceptors (Lipinski definition) is 4. The standard InChI is InChI=1S/C28H27NO5/c1-28(2,3)34-27(32)29-23(17-22-6-4-5-7-25(22)29)18-33-24-14-12-21(13-15-24)20-10-8-19(9-11-20)16-26(30)31/h4-15,17H,16,18H2,1-3H3,(H,30,31). The molecule has 0 aliphatic rings. The van der Waals surface area contributed by atoms with Crippen LogP contribution >= 0.6 is 0 Å². The number of carbonyl (C=O) groups is 2. The number of ether oxygens (including phenoxy) is 2. The molecule has 1 N–H and O–H groups in total. The lowest BCUT2D eigenvalue weighted by Crippen LogP contribution is -2.28. The highest BCUT2D eigenvalue weighted by Crippen LogP contribution is 2.26. The lowest BCUT2D eigenvalue weighted by Gasteiger charge is -2.21. The van der Waals surface area contributed by atoms with Gasteiger partial charge in [-0.1, -0.05) is 54.6 Å². The van der Waals surface area contributed by atoms with Gasteiger partial charge in [-0.2, -0.15) is 0 Å². The first kappa shape index (κ1) is 23.1. The van der Waals surface area contributed by atoms with Gasteiger partial charge in [0.2, 0.25) is 0 Å². The van der Waals surface area contributed by atoms with Crippen molar-refractivity contribution in [2.45, 2.75) is 39.4 Å². The van der Waals surface area contributed by atoms with E-state index in [0.717, 1.165) is 27.6 Å². The van der Waals surface area contributed by atoms with Gasteiger partial charge in [0.15, 0.2) is 0 Å². The van der Waals surface area contributed by atoms with E-state index in [-0.39, 0.29) is 13.0 Å². The molecule has 6 heteroatoms. The van der Waals surface area contributed by atoms with Gasteiger partial charge in [0.05, 0.1) is 17.6 Å². The highest BCUT2D eigenvalue weighted by atomic mass is 16.6. The largest absolute Gasteiger partial charge is 0.487 e. The van der Waals surface area contributed by atoms with Crippen molar-refractivity contribution in [2.75, 3.05) is 0 Å². The Hall–Kier alpha value is -4.06. The van der Waals surface area contributed by atoms with E-state index in [1.54, 1.807) is 4.57 Å². The van der Waals surface area contributed by atoms with E-state index >= 15 is 0 Å². The number of carboxylic acids is 1. The number of nitrogens with zero attached hydrogens (tertiary/aromatic N) is 1. The molecule has 174 valence electrons. The van der Waals surface area contributed by atoms with Gasteiger partial charge in [-0.3, -0.25) is 4.79 Å². The Morgan fingerprint density at radius 2 is 1.50 bits per heavy atom. The SMILES string of the molecule is CC(C)(C)OC(=O)n1c(COc2ccc(-c3ccc(CC(=O)O)cc3)cc2)cc2ccccc21. The van der Waals surface area contributed by atoms with E-state index in [9.17, 15) is 9.59 Å². The highest BCUT2D eigenvalue weighted by Gasteiger charge is 2.22. The highest BCUT2D eigenvalue weighted by molar-refractivity contribution is 5.91. The molecule has 1 heterocycles. The molecule has 4 rings (SSSR count). The summed E-state index contributed by atoms with van der Waals surface area (Å²) in [4.78, 5) is 23.8. The number of para-hydroxylation sites is 1. The zero-order valence-corrected chi connectivity index (χ0v) is 19.4. The number of hydrogen-bond donors (Lipinski definition) is 1. The van der Waals surface area contributed by atoms with Gasteiger partial charge in [0.1, 0.15) is 18.0 Å². The van der Waals surface area contributed by atoms with Crippen molar-refractivity contribution < 1.29 is 24.2 Å². The van der Waals surface area contributed by atoms with Crippen molar-refractivity contribution in [3.05, 3.63) is 90.1 Å². The monoisotopic (exact) mass is 457 g/mol. The topological polar surface area (TPSA) is 77.8 Å². The predicted octanol–water partition coefficient (Wildman–Crippen LogP) is 6.30. The van der Waals surface area contributed by atoms with Crippen molar-refractivity contribution in [1.82, 2.24) is 4.57 Å². The first-order valence-electron chi connectivity index (χ1n) is 11.1. The molecule has 0 atom stereocenters. The normalized spacial score (nSPS) is 11.4. The Morgan fingerprint density at radius 3 is 2.12 bits per heavy atom. The van der Waals surface area contributed by atoms with Crippen LogP contribution in [0, 0.1) is 0 Å². The average Bonchev–Trinajstić information content (AvgIpc) is 3.16. The maximum atomic E-state index is 12.9. The second-order valence-corrected chi connectivity index (χ2v) is 9.09. The lowest BCUT2D eigenvalue weighted by atomic mass is 10.0. The van der Waals surface area contributed by atoms with Gasteiger partial charge in [0.25, 0.3) is 0 Å². The van der Waals surface area contributed by atoms with Crippen LogP contribution in [-0.4, -0.2) is 27.3 Å². The van der Waals surface area contributed by atoms with Crippen LogP contribution in [0.5, 0.6) is 5.75 Å². The number of rotatable bonds is 6. The number of carbonyl (C=O) groups excluding carboxylic acids is 1. The predicted molar refractivity (Wildman–Crippen MR) is 131 cm³/mol. The summed E-state index contributed by atoms with van der Waals surface area (Å²) in [7, 11) is 0. The Kier molecular flexibility index (Phi) is 6.41. The van der Waals surface area contributed by atoms with E-state index < -0.39 is 17.7 Å². The number of carboxylic acid groups (broad SMARTS) is 1. The van der Waals surface area contributed by atoms with Crippen LogP contribution in [0.15, 0.2) is 78.9 Å². The molecular weight excluding hydrogens is 430 g/mol. The van der Waals surface area contributed by atoms with Gasteiger partial charge in [-0.25, -0.2) is 9.36 Å². The molecule has 0 spiro atoms. The summed E-state index contributed by atoms with van der Waals surface area (Å²) in [6.45, 7) is 5.73. The van der Waals surface area contributed by atoms with Crippen LogP contribution < -0.4 is 4.74 Å². The van der Waals surface area contributed by atoms with E-state index in [0.29, 0.717) is 11.4 Å². The van der Waals surface area contributed by atoms with E-state index in [1.165, 1.54) is 0 Å². The smallest absolute Gasteiger partial charge is 0.419 e. The van der Waals surface area contributed by atoms with Crippen molar-refractivity contribution in [2.24, 2.45) is 0 Å². The van der Waals surface area contributed by atoms with E-state index in [2.05, 4.69) is 0 Å². The van der Waals surface area contributed by atoms with Crippen molar-refractivity contribution >= 4 is 23.0 Å². The van der Waals surface area contributed by atoms with Gasteiger partial charge in [-0.05, 0) is 61.7 Å². The Morgan fingerprint density at radius 1 is 0.882 bits per heavy atom. The van der Waals surface area contributed by atoms with Crippen LogP contribution in [0.2, 0.25) is 0 Å².